The molecule has 0 aliphatic heterocycles. The summed E-state index contributed by atoms with van der Waals surface area (Å²) in [4.78, 5) is 4.80. The predicted octanol–water partition coefficient (Wildman–Crippen LogP) is 17.0. The number of rotatable bonds is 11. The minimum atomic E-state index is 1.07. The van der Waals surface area contributed by atoms with Gasteiger partial charge in [0.05, 0.1) is 11.4 Å². The molecule has 0 amide bonds. The summed E-state index contributed by atoms with van der Waals surface area (Å²) in [5.41, 5.74) is 18.2. The Hall–Kier alpha value is -8.20. The Balaban J connectivity index is 1.14. The Morgan fingerprint density at radius 3 is 0.935 bits per heavy atom. The first-order valence-corrected chi connectivity index (χ1v) is 21.2. The van der Waals surface area contributed by atoms with Gasteiger partial charge in [0.2, 0.25) is 0 Å². The third kappa shape index (κ3) is 7.81. The molecular formula is C60H44N2. The van der Waals surface area contributed by atoms with Crippen LogP contribution < -0.4 is 9.80 Å². The second kappa shape index (κ2) is 17.6. The van der Waals surface area contributed by atoms with Crippen LogP contribution in [0.1, 0.15) is 0 Å². The van der Waals surface area contributed by atoms with Gasteiger partial charge in [-0.3, -0.25) is 0 Å². The fourth-order valence-electron chi connectivity index (χ4n) is 8.49. The minimum absolute atomic E-state index is 1.07. The molecule has 2 nitrogen and oxygen atoms in total. The van der Waals surface area contributed by atoms with E-state index in [0.717, 1.165) is 45.3 Å². The average Bonchev–Trinajstić information content (AvgIpc) is 3.36. The largest absolute Gasteiger partial charge is 0.310 e. The van der Waals surface area contributed by atoms with Gasteiger partial charge in [0.15, 0.2) is 0 Å². The van der Waals surface area contributed by atoms with Crippen molar-refractivity contribution in [3.8, 4) is 55.6 Å². The molecule has 0 atom stereocenters. The Morgan fingerprint density at radius 2 is 0.484 bits per heavy atom. The third-order valence-corrected chi connectivity index (χ3v) is 11.5. The lowest BCUT2D eigenvalue weighted by Crippen LogP contribution is -2.13. The Kier molecular flexibility index (Phi) is 10.8. The van der Waals surface area contributed by atoms with Gasteiger partial charge in [-0.2, -0.15) is 0 Å². The number of hydrogen-bond donors (Lipinski definition) is 0. The van der Waals surface area contributed by atoms with E-state index in [4.69, 9.17) is 0 Å². The summed E-state index contributed by atoms with van der Waals surface area (Å²) in [7, 11) is 0. The summed E-state index contributed by atoms with van der Waals surface area (Å²) in [5.74, 6) is 0. The average molecular weight is 793 g/mol. The molecule has 0 heterocycles. The van der Waals surface area contributed by atoms with Crippen molar-refractivity contribution in [2.45, 2.75) is 0 Å². The van der Waals surface area contributed by atoms with E-state index in [0.29, 0.717) is 0 Å². The lowest BCUT2D eigenvalue weighted by Gasteiger charge is -2.31. The quantitative estimate of drug-likeness (QED) is 0.129. The van der Waals surface area contributed by atoms with Crippen LogP contribution in [0.4, 0.5) is 34.1 Å². The Labute approximate surface area is 364 Å². The van der Waals surface area contributed by atoms with Crippen molar-refractivity contribution in [2.75, 3.05) is 9.80 Å². The Morgan fingerprint density at radius 1 is 0.177 bits per heavy atom. The predicted molar refractivity (Wildman–Crippen MR) is 263 cm³/mol. The zero-order chi connectivity index (χ0) is 41.5. The molecule has 2 heteroatoms. The van der Waals surface area contributed by atoms with Crippen molar-refractivity contribution in [3.05, 3.63) is 267 Å². The van der Waals surface area contributed by atoms with Crippen LogP contribution in [0.15, 0.2) is 267 Å². The van der Waals surface area contributed by atoms with Gasteiger partial charge >= 0.3 is 0 Å². The van der Waals surface area contributed by atoms with Crippen LogP contribution in [0.2, 0.25) is 0 Å². The molecule has 10 aromatic rings. The molecule has 0 radical (unpaired) electrons. The highest BCUT2D eigenvalue weighted by atomic mass is 15.2. The van der Waals surface area contributed by atoms with Crippen LogP contribution in [-0.2, 0) is 0 Å². The number of hydrogen-bond acceptors (Lipinski definition) is 2. The molecule has 0 saturated heterocycles. The summed E-state index contributed by atoms with van der Waals surface area (Å²) in [6, 6.07) is 95.7. The van der Waals surface area contributed by atoms with Gasteiger partial charge in [0, 0.05) is 33.9 Å². The van der Waals surface area contributed by atoms with Gasteiger partial charge in [-0.15, -0.1) is 0 Å². The molecule has 0 aliphatic carbocycles. The molecule has 294 valence electrons. The zero-order valence-electron chi connectivity index (χ0n) is 34.3. The summed E-state index contributed by atoms with van der Waals surface area (Å²) in [6.07, 6.45) is 0. The van der Waals surface area contributed by atoms with Crippen molar-refractivity contribution < 1.29 is 0 Å². The van der Waals surface area contributed by atoms with Gasteiger partial charge in [-0.25, -0.2) is 0 Å². The maximum absolute atomic E-state index is 2.40. The minimum Gasteiger partial charge on any atom is -0.310 e. The van der Waals surface area contributed by atoms with Gasteiger partial charge < -0.3 is 9.80 Å². The second-order valence-electron chi connectivity index (χ2n) is 15.3. The maximum Gasteiger partial charge on any atom is 0.0540 e. The first-order valence-electron chi connectivity index (χ1n) is 21.2. The van der Waals surface area contributed by atoms with E-state index in [-0.39, 0.29) is 0 Å². The molecule has 10 aromatic carbocycles. The molecule has 10 rings (SSSR count). The van der Waals surface area contributed by atoms with Crippen molar-refractivity contribution in [1.82, 2.24) is 0 Å². The molecule has 0 bridgehead atoms. The molecule has 0 spiro atoms. The van der Waals surface area contributed by atoms with Crippen LogP contribution in [0.25, 0.3) is 55.6 Å². The van der Waals surface area contributed by atoms with E-state index in [1.807, 2.05) is 0 Å². The molecule has 62 heavy (non-hydrogen) atoms. The lowest BCUT2D eigenvalue weighted by atomic mass is 9.93. The molecule has 0 aromatic heterocycles. The summed E-state index contributed by atoms with van der Waals surface area (Å²) in [6.45, 7) is 0. The monoisotopic (exact) mass is 792 g/mol. The first-order chi connectivity index (χ1) is 30.8. The van der Waals surface area contributed by atoms with Gasteiger partial charge in [-0.05, 0) is 105 Å². The van der Waals surface area contributed by atoms with Crippen LogP contribution in [0.5, 0.6) is 0 Å². The first kappa shape index (κ1) is 38.0. The molecule has 0 aliphatic rings. The van der Waals surface area contributed by atoms with E-state index < -0.39 is 0 Å². The van der Waals surface area contributed by atoms with E-state index in [1.54, 1.807) is 0 Å². The smallest absolute Gasteiger partial charge is 0.0540 e. The van der Waals surface area contributed by atoms with E-state index in [9.17, 15) is 0 Å². The third-order valence-electron chi connectivity index (χ3n) is 11.5. The van der Waals surface area contributed by atoms with E-state index in [2.05, 4.69) is 277 Å². The van der Waals surface area contributed by atoms with Crippen molar-refractivity contribution in [3.63, 3.8) is 0 Å². The number of benzene rings is 10. The maximum atomic E-state index is 2.40. The number of nitrogens with zero attached hydrogens (tertiary/aromatic N) is 2. The van der Waals surface area contributed by atoms with Crippen molar-refractivity contribution in [2.24, 2.45) is 0 Å². The normalized spacial score (nSPS) is 10.9. The summed E-state index contributed by atoms with van der Waals surface area (Å²) in [5, 5.41) is 0. The topological polar surface area (TPSA) is 6.48 Å². The van der Waals surface area contributed by atoms with Crippen molar-refractivity contribution >= 4 is 34.1 Å². The summed E-state index contributed by atoms with van der Waals surface area (Å²) < 4.78 is 0. The van der Waals surface area contributed by atoms with Crippen molar-refractivity contribution in [1.29, 1.82) is 0 Å². The van der Waals surface area contributed by atoms with Crippen LogP contribution in [0.3, 0.4) is 0 Å². The SMILES string of the molecule is c1ccc(-c2ccc(N(c3ccc(-c4ccccc4)cc3)c3ccccc3-c3ccccc3N(c3ccccc3)c3ccc(-c4ccccc4)c(-c4ccccc4)c3)cc2)cc1. The molecule has 0 fully saturated rings. The zero-order valence-corrected chi connectivity index (χ0v) is 34.3. The van der Waals surface area contributed by atoms with E-state index in [1.165, 1.54) is 44.5 Å². The lowest BCUT2D eigenvalue weighted by molar-refractivity contribution is 1.27. The Bertz CT molecular complexity index is 2940. The molecule has 0 N–H and O–H groups in total. The number of para-hydroxylation sites is 3. The standard InChI is InChI=1S/C60H44N2/c1-6-20-45(21-7-1)47-34-38-52(39-35-47)61(53-40-36-48(37-41-53)46-22-8-2-9-23-46)59-32-18-16-30-56(59)57-31-17-19-33-60(57)62(51-28-14-5-15-29-51)54-42-43-55(49-24-10-3-11-25-49)58(44-54)50-26-12-4-13-27-50/h1-44H. The molecular weight excluding hydrogens is 749 g/mol. The van der Waals surface area contributed by atoms with Crippen LogP contribution in [-0.4, -0.2) is 0 Å². The van der Waals surface area contributed by atoms with Crippen LogP contribution in [0, 0.1) is 0 Å². The molecule has 0 saturated carbocycles. The highest BCUT2D eigenvalue weighted by Crippen LogP contribution is 2.48. The second-order valence-corrected chi connectivity index (χ2v) is 15.3. The van der Waals surface area contributed by atoms with Gasteiger partial charge in [0.25, 0.3) is 0 Å². The number of anilines is 6. The van der Waals surface area contributed by atoms with E-state index >= 15 is 0 Å². The molecule has 0 unspecified atom stereocenters. The fourth-order valence-corrected chi connectivity index (χ4v) is 8.49. The highest BCUT2D eigenvalue weighted by Gasteiger charge is 2.23. The summed E-state index contributed by atoms with van der Waals surface area (Å²) >= 11 is 0. The van der Waals surface area contributed by atoms with Gasteiger partial charge in [0.1, 0.15) is 0 Å². The van der Waals surface area contributed by atoms with Gasteiger partial charge in [-0.1, -0.05) is 206 Å². The fraction of sp³-hybridized carbons (Fsp3) is 0. The highest BCUT2D eigenvalue weighted by molar-refractivity contribution is 5.97. The van der Waals surface area contributed by atoms with Crippen LogP contribution >= 0.6 is 0 Å².